The lowest BCUT2D eigenvalue weighted by atomic mass is 9.96. The summed E-state index contributed by atoms with van der Waals surface area (Å²) < 4.78 is 6.04. The molecule has 2 rings (SSSR count). The van der Waals surface area contributed by atoms with Gasteiger partial charge in [0.05, 0.1) is 13.2 Å². The number of guanidine groups is 1. The second-order valence-electron chi connectivity index (χ2n) is 5.88. The molecule has 0 aromatic heterocycles. The number of carbonyl (C=O) groups is 1. The standard InChI is InChI=1S/C17H25BrN4O2.HI/c1-19-16(21-11-15(23)20-9-10-24-2)22-12-17(7-8-17)13-5-3-4-6-14(13)18;/h3-6H,7-12H2,1-2H3,(H,20,23)(H2,19,21,22);1H. The Morgan fingerprint density at radius 3 is 2.60 bits per heavy atom. The fraction of sp³-hybridized carbons (Fsp3) is 0.529. The molecule has 0 spiro atoms. The van der Waals surface area contributed by atoms with Crippen molar-refractivity contribution in [1.82, 2.24) is 16.0 Å². The first kappa shape index (κ1) is 22.2. The number of benzene rings is 1. The van der Waals surface area contributed by atoms with Gasteiger partial charge in [-0.15, -0.1) is 24.0 Å². The van der Waals surface area contributed by atoms with E-state index >= 15 is 0 Å². The largest absolute Gasteiger partial charge is 0.383 e. The summed E-state index contributed by atoms with van der Waals surface area (Å²) in [4.78, 5) is 15.9. The molecule has 6 nitrogen and oxygen atoms in total. The number of carbonyl (C=O) groups excluding carboxylic acids is 1. The third-order valence-electron chi connectivity index (χ3n) is 4.16. The fourth-order valence-corrected chi connectivity index (χ4v) is 3.28. The molecule has 0 heterocycles. The summed E-state index contributed by atoms with van der Waals surface area (Å²) in [5, 5.41) is 9.14. The Hall–Kier alpha value is -0.870. The molecule has 0 saturated heterocycles. The van der Waals surface area contributed by atoms with Gasteiger partial charge in [-0.2, -0.15) is 0 Å². The summed E-state index contributed by atoms with van der Waals surface area (Å²) in [6.07, 6.45) is 2.30. The summed E-state index contributed by atoms with van der Waals surface area (Å²) >= 11 is 3.64. The predicted octanol–water partition coefficient (Wildman–Crippen LogP) is 2.03. The normalized spacial score (nSPS) is 15.1. The Morgan fingerprint density at radius 1 is 1.28 bits per heavy atom. The second kappa shape index (κ2) is 11.0. The fourth-order valence-electron chi connectivity index (χ4n) is 2.58. The number of methoxy groups -OCH3 is 1. The monoisotopic (exact) mass is 524 g/mol. The van der Waals surface area contributed by atoms with Crippen LogP contribution in [0.2, 0.25) is 0 Å². The van der Waals surface area contributed by atoms with Gasteiger partial charge >= 0.3 is 0 Å². The molecular formula is C17H26BrIN4O2. The van der Waals surface area contributed by atoms with Gasteiger partial charge in [-0.3, -0.25) is 9.79 Å². The van der Waals surface area contributed by atoms with Gasteiger partial charge in [-0.1, -0.05) is 34.1 Å². The minimum Gasteiger partial charge on any atom is -0.383 e. The van der Waals surface area contributed by atoms with Crippen molar-refractivity contribution in [2.75, 3.05) is 40.4 Å². The van der Waals surface area contributed by atoms with E-state index in [1.54, 1.807) is 14.2 Å². The van der Waals surface area contributed by atoms with Crippen LogP contribution in [0, 0.1) is 0 Å². The van der Waals surface area contributed by atoms with Crippen molar-refractivity contribution < 1.29 is 9.53 Å². The lowest BCUT2D eigenvalue weighted by Gasteiger charge is -2.20. The molecule has 1 fully saturated rings. The molecular weight excluding hydrogens is 499 g/mol. The van der Waals surface area contributed by atoms with Crippen LogP contribution >= 0.6 is 39.9 Å². The zero-order chi connectivity index (χ0) is 17.4. The minimum atomic E-state index is -0.0815. The van der Waals surface area contributed by atoms with Gasteiger partial charge in [0.1, 0.15) is 0 Å². The first-order chi connectivity index (χ1) is 11.6. The Bertz CT molecular complexity index is 594. The van der Waals surface area contributed by atoms with Crippen LogP contribution in [0.25, 0.3) is 0 Å². The zero-order valence-corrected chi connectivity index (χ0v) is 18.5. The maximum absolute atomic E-state index is 11.7. The molecule has 1 saturated carbocycles. The molecule has 0 aliphatic heterocycles. The van der Waals surface area contributed by atoms with Gasteiger partial charge in [0.2, 0.25) is 5.91 Å². The maximum Gasteiger partial charge on any atom is 0.239 e. The number of ether oxygens (including phenoxy) is 1. The Labute approximate surface area is 174 Å². The summed E-state index contributed by atoms with van der Waals surface area (Å²) in [6, 6.07) is 8.34. The number of nitrogens with zero attached hydrogens (tertiary/aromatic N) is 1. The van der Waals surface area contributed by atoms with Crippen LogP contribution in [-0.4, -0.2) is 52.3 Å². The summed E-state index contributed by atoms with van der Waals surface area (Å²) in [5.41, 5.74) is 1.48. The van der Waals surface area contributed by atoms with Crippen LogP contribution in [0.1, 0.15) is 18.4 Å². The Balaban J connectivity index is 0.00000312. The Morgan fingerprint density at radius 2 is 2.00 bits per heavy atom. The molecule has 25 heavy (non-hydrogen) atoms. The lowest BCUT2D eigenvalue weighted by Crippen LogP contribution is -2.45. The molecule has 0 unspecified atom stereocenters. The smallest absolute Gasteiger partial charge is 0.239 e. The minimum absolute atomic E-state index is 0. The molecule has 0 bridgehead atoms. The topological polar surface area (TPSA) is 74.8 Å². The molecule has 1 aromatic carbocycles. The van der Waals surface area contributed by atoms with Gasteiger partial charge in [0.25, 0.3) is 0 Å². The number of hydrogen-bond donors (Lipinski definition) is 3. The van der Waals surface area contributed by atoms with Crippen molar-refractivity contribution in [3.8, 4) is 0 Å². The number of halogens is 2. The van der Waals surface area contributed by atoms with Crippen LogP contribution in [-0.2, 0) is 14.9 Å². The number of nitrogens with one attached hydrogen (secondary N) is 3. The lowest BCUT2D eigenvalue weighted by molar-refractivity contribution is -0.120. The highest BCUT2D eigenvalue weighted by Crippen LogP contribution is 2.49. The first-order valence-electron chi connectivity index (χ1n) is 8.06. The van der Waals surface area contributed by atoms with Gasteiger partial charge in [0.15, 0.2) is 5.96 Å². The SMILES string of the molecule is CN=C(NCC(=O)NCCOC)NCC1(c2ccccc2Br)CC1.I. The molecule has 1 aliphatic carbocycles. The number of amides is 1. The molecule has 0 radical (unpaired) electrons. The molecule has 1 amide bonds. The second-order valence-corrected chi connectivity index (χ2v) is 6.74. The molecule has 1 aliphatic rings. The summed E-state index contributed by atoms with van der Waals surface area (Å²) in [5.74, 6) is 0.553. The zero-order valence-electron chi connectivity index (χ0n) is 14.6. The van der Waals surface area contributed by atoms with E-state index in [1.807, 2.05) is 6.07 Å². The van der Waals surface area contributed by atoms with Gasteiger partial charge in [-0.25, -0.2) is 0 Å². The van der Waals surface area contributed by atoms with E-state index in [0.29, 0.717) is 19.1 Å². The van der Waals surface area contributed by atoms with Crippen LogP contribution in [0.3, 0.4) is 0 Å². The van der Waals surface area contributed by atoms with Gasteiger partial charge in [0, 0.05) is 37.1 Å². The predicted molar refractivity (Wildman–Crippen MR) is 115 cm³/mol. The average molecular weight is 525 g/mol. The van der Waals surface area contributed by atoms with Crippen molar-refractivity contribution in [2.45, 2.75) is 18.3 Å². The summed E-state index contributed by atoms with van der Waals surface area (Å²) in [6.45, 7) is 1.99. The number of aliphatic imine (C=N–C) groups is 1. The van der Waals surface area contributed by atoms with Crippen LogP contribution in [0.5, 0.6) is 0 Å². The quantitative estimate of drug-likeness (QED) is 0.210. The highest BCUT2D eigenvalue weighted by Gasteiger charge is 2.45. The van der Waals surface area contributed by atoms with Crippen molar-refractivity contribution in [2.24, 2.45) is 4.99 Å². The molecule has 3 N–H and O–H groups in total. The van der Waals surface area contributed by atoms with Crippen LogP contribution < -0.4 is 16.0 Å². The highest BCUT2D eigenvalue weighted by atomic mass is 127. The van der Waals surface area contributed by atoms with E-state index in [0.717, 1.165) is 23.9 Å². The Kier molecular flexibility index (Phi) is 9.73. The van der Waals surface area contributed by atoms with Crippen LogP contribution in [0.15, 0.2) is 33.7 Å². The number of rotatable bonds is 8. The molecule has 8 heteroatoms. The molecule has 140 valence electrons. The molecule has 1 aromatic rings. The molecule has 0 atom stereocenters. The first-order valence-corrected chi connectivity index (χ1v) is 8.86. The van der Waals surface area contributed by atoms with Crippen molar-refractivity contribution in [3.63, 3.8) is 0 Å². The third-order valence-corrected chi connectivity index (χ3v) is 4.85. The van der Waals surface area contributed by atoms with E-state index in [9.17, 15) is 4.79 Å². The van der Waals surface area contributed by atoms with E-state index in [1.165, 1.54) is 5.56 Å². The van der Waals surface area contributed by atoms with E-state index in [2.05, 4.69) is 55.1 Å². The third kappa shape index (κ3) is 6.74. The van der Waals surface area contributed by atoms with E-state index in [4.69, 9.17) is 4.74 Å². The average Bonchev–Trinajstić information content (AvgIpc) is 3.36. The van der Waals surface area contributed by atoms with Crippen molar-refractivity contribution in [1.29, 1.82) is 0 Å². The number of hydrogen-bond acceptors (Lipinski definition) is 3. The van der Waals surface area contributed by atoms with E-state index < -0.39 is 0 Å². The van der Waals surface area contributed by atoms with Gasteiger partial charge in [-0.05, 0) is 24.5 Å². The van der Waals surface area contributed by atoms with E-state index in [-0.39, 0.29) is 41.8 Å². The van der Waals surface area contributed by atoms with Gasteiger partial charge < -0.3 is 20.7 Å². The maximum atomic E-state index is 11.7. The van der Waals surface area contributed by atoms with Crippen molar-refractivity contribution >= 4 is 51.8 Å². The highest BCUT2D eigenvalue weighted by molar-refractivity contribution is 14.0. The van der Waals surface area contributed by atoms with Crippen molar-refractivity contribution in [3.05, 3.63) is 34.3 Å². The summed E-state index contributed by atoms with van der Waals surface area (Å²) in [7, 11) is 3.31. The van der Waals surface area contributed by atoms with Crippen LogP contribution in [0.4, 0.5) is 0 Å².